The van der Waals surface area contributed by atoms with Gasteiger partial charge in [0.1, 0.15) is 11.5 Å². The molecule has 1 aliphatic heterocycles. The number of halogens is 1. The van der Waals surface area contributed by atoms with Gasteiger partial charge in [0, 0.05) is 5.56 Å². The predicted molar refractivity (Wildman–Crippen MR) is 88.1 cm³/mol. The molecule has 0 saturated heterocycles. The van der Waals surface area contributed by atoms with E-state index in [9.17, 15) is 15.0 Å². The number of rotatable bonds is 2. The second-order valence-electron chi connectivity index (χ2n) is 5.08. The molecule has 1 aliphatic rings. The summed E-state index contributed by atoms with van der Waals surface area (Å²) in [5.41, 5.74) is 1.56. The number of carbonyl (C=O) groups excluding carboxylic acids is 1. The van der Waals surface area contributed by atoms with Crippen molar-refractivity contribution in [3.8, 4) is 23.0 Å². The van der Waals surface area contributed by atoms with E-state index in [1.165, 1.54) is 19.2 Å². The van der Waals surface area contributed by atoms with Gasteiger partial charge in [-0.2, -0.15) is 0 Å². The fourth-order valence-corrected chi connectivity index (χ4v) is 2.82. The summed E-state index contributed by atoms with van der Waals surface area (Å²) in [5.74, 6) is 0.595. The third kappa shape index (κ3) is 2.55. The molecule has 0 radical (unpaired) electrons. The van der Waals surface area contributed by atoms with Crippen LogP contribution in [0.1, 0.15) is 21.5 Å². The van der Waals surface area contributed by atoms with Crippen LogP contribution in [0.2, 0.25) is 0 Å². The average molecular weight is 377 g/mol. The van der Waals surface area contributed by atoms with Gasteiger partial charge < -0.3 is 19.7 Å². The van der Waals surface area contributed by atoms with Crippen LogP contribution in [0.5, 0.6) is 23.0 Å². The lowest BCUT2D eigenvalue weighted by Gasteiger charge is -2.07. The quantitative estimate of drug-likeness (QED) is 0.779. The van der Waals surface area contributed by atoms with Crippen molar-refractivity contribution >= 4 is 27.8 Å². The first kappa shape index (κ1) is 15.4. The third-order valence-electron chi connectivity index (χ3n) is 3.63. The van der Waals surface area contributed by atoms with Crippen molar-refractivity contribution in [2.24, 2.45) is 0 Å². The van der Waals surface area contributed by atoms with E-state index < -0.39 is 0 Å². The molecular formula is C17H13BrO5. The van der Waals surface area contributed by atoms with E-state index in [2.05, 4.69) is 15.9 Å². The molecule has 0 amide bonds. The van der Waals surface area contributed by atoms with E-state index >= 15 is 0 Å². The van der Waals surface area contributed by atoms with Gasteiger partial charge in [0.25, 0.3) is 0 Å². The van der Waals surface area contributed by atoms with Crippen molar-refractivity contribution in [2.75, 3.05) is 7.11 Å². The van der Waals surface area contributed by atoms with Crippen LogP contribution in [0.4, 0.5) is 0 Å². The van der Waals surface area contributed by atoms with Gasteiger partial charge in [-0.3, -0.25) is 4.79 Å². The van der Waals surface area contributed by atoms with Crippen molar-refractivity contribution in [1.82, 2.24) is 0 Å². The zero-order chi connectivity index (χ0) is 16.7. The largest absolute Gasteiger partial charge is 0.508 e. The number of methoxy groups -OCH3 is 1. The number of ether oxygens (including phenoxy) is 2. The van der Waals surface area contributed by atoms with Crippen LogP contribution in [-0.4, -0.2) is 23.1 Å². The predicted octanol–water partition coefficient (Wildman–Crippen LogP) is 3.79. The lowest BCUT2D eigenvalue weighted by molar-refractivity contribution is 0.101. The number of Topliss-reactive ketones (excluding diaryl/α,β-unsaturated/α-hetero) is 1. The normalized spacial score (nSPS) is 14.7. The molecule has 3 rings (SSSR count). The number of fused-ring (bicyclic) bond motifs is 1. The summed E-state index contributed by atoms with van der Waals surface area (Å²) >= 11 is 3.23. The van der Waals surface area contributed by atoms with Crippen LogP contribution in [0, 0.1) is 6.92 Å². The van der Waals surface area contributed by atoms with Gasteiger partial charge in [-0.1, -0.05) is 0 Å². The standard InChI is InChI=1S/C17H13BrO5/c1-8-12(19)4-3-10-15(20)14(23-17(8)10)7-9-5-11(18)16(21)13(6-9)22-2/h3-7,19,21H,1-2H3. The lowest BCUT2D eigenvalue weighted by atomic mass is 10.1. The Morgan fingerprint density at radius 1 is 1.26 bits per heavy atom. The van der Waals surface area contributed by atoms with Crippen molar-refractivity contribution in [3.05, 3.63) is 51.2 Å². The zero-order valence-electron chi connectivity index (χ0n) is 12.4. The van der Waals surface area contributed by atoms with Gasteiger partial charge in [0.2, 0.25) is 5.78 Å². The van der Waals surface area contributed by atoms with Gasteiger partial charge in [-0.15, -0.1) is 0 Å². The number of benzene rings is 2. The minimum absolute atomic E-state index is 0.0163. The van der Waals surface area contributed by atoms with Crippen LogP contribution in [0.15, 0.2) is 34.5 Å². The summed E-state index contributed by atoms with van der Waals surface area (Å²) < 4.78 is 11.1. The number of allylic oxidation sites excluding steroid dienone is 1. The molecule has 23 heavy (non-hydrogen) atoms. The molecule has 0 saturated carbocycles. The highest BCUT2D eigenvalue weighted by molar-refractivity contribution is 9.10. The summed E-state index contributed by atoms with van der Waals surface area (Å²) in [7, 11) is 1.44. The first-order valence-corrected chi connectivity index (χ1v) is 7.55. The van der Waals surface area contributed by atoms with Crippen LogP contribution in [0.25, 0.3) is 6.08 Å². The molecule has 0 fully saturated rings. The first-order valence-electron chi connectivity index (χ1n) is 6.75. The Hall–Kier alpha value is -2.47. The Bertz CT molecular complexity index is 855. The Balaban J connectivity index is 2.04. The maximum absolute atomic E-state index is 12.4. The molecule has 2 aromatic carbocycles. The first-order chi connectivity index (χ1) is 10.9. The van der Waals surface area contributed by atoms with Gasteiger partial charge in [0.05, 0.1) is 17.1 Å². The molecule has 0 spiro atoms. The number of aromatic hydroxyl groups is 2. The Morgan fingerprint density at radius 2 is 2.00 bits per heavy atom. The molecule has 118 valence electrons. The average Bonchev–Trinajstić information content (AvgIpc) is 2.84. The molecule has 1 heterocycles. The molecule has 0 aliphatic carbocycles. The van der Waals surface area contributed by atoms with Gasteiger partial charge >= 0.3 is 0 Å². The van der Waals surface area contributed by atoms with Crippen molar-refractivity contribution in [3.63, 3.8) is 0 Å². The maximum Gasteiger partial charge on any atom is 0.231 e. The number of ketones is 1. The van der Waals surface area contributed by atoms with Crippen molar-refractivity contribution in [2.45, 2.75) is 6.92 Å². The van der Waals surface area contributed by atoms with Crippen LogP contribution < -0.4 is 9.47 Å². The summed E-state index contributed by atoms with van der Waals surface area (Å²) in [6.07, 6.45) is 1.56. The van der Waals surface area contributed by atoms with Crippen molar-refractivity contribution in [1.29, 1.82) is 0 Å². The molecule has 0 aromatic heterocycles. The van der Waals surface area contributed by atoms with Crippen LogP contribution in [-0.2, 0) is 0 Å². The fraction of sp³-hybridized carbons (Fsp3) is 0.118. The Kier molecular flexibility index (Phi) is 3.77. The van der Waals surface area contributed by atoms with E-state index in [0.29, 0.717) is 26.9 Å². The highest BCUT2D eigenvalue weighted by Gasteiger charge is 2.29. The fourth-order valence-electron chi connectivity index (χ4n) is 2.36. The number of carbonyl (C=O) groups is 1. The van der Waals surface area contributed by atoms with E-state index in [4.69, 9.17) is 9.47 Å². The Morgan fingerprint density at radius 3 is 2.70 bits per heavy atom. The second kappa shape index (κ2) is 5.62. The summed E-state index contributed by atoms with van der Waals surface area (Å²) in [4.78, 5) is 12.4. The number of phenolic OH excluding ortho intramolecular Hbond substituents is 2. The van der Waals surface area contributed by atoms with Crippen molar-refractivity contribution < 1.29 is 24.5 Å². The minimum atomic E-state index is -0.258. The molecule has 0 atom stereocenters. The van der Waals surface area contributed by atoms with E-state index in [-0.39, 0.29) is 28.8 Å². The van der Waals surface area contributed by atoms with E-state index in [1.54, 1.807) is 25.1 Å². The highest BCUT2D eigenvalue weighted by Crippen LogP contribution is 2.40. The van der Waals surface area contributed by atoms with Gasteiger partial charge in [-0.05, 0) is 58.8 Å². The van der Waals surface area contributed by atoms with E-state index in [1.807, 2.05) is 0 Å². The molecule has 0 bridgehead atoms. The highest BCUT2D eigenvalue weighted by atomic mass is 79.9. The van der Waals surface area contributed by atoms with Crippen LogP contribution in [0.3, 0.4) is 0 Å². The maximum atomic E-state index is 12.4. The molecular weight excluding hydrogens is 364 g/mol. The molecule has 0 unspecified atom stereocenters. The minimum Gasteiger partial charge on any atom is -0.508 e. The smallest absolute Gasteiger partial charge is 0.231 e. The number of hydrogen-bond acceptors (Lipinski definition) is 5. The molecule has 6 heteroatoms. The van der Waals surface area contributed by atoms with Crippen LogP contribution >= 0.6 is 15.9 Å². The second-order valence-corrected chi connectivity index (χ2v) is 5.93. The summed E-state index contributed by atoms with van der Waals surface area (Å²) in [6, 6.07) is 6.25. The molecule has 2 aromatic rings. The molecule has 5 nitrogen and oxygen atoms in total. The van der Waals surface area contributed by atoms with Gasteiger partial charge in [0.15, 0.2) is 17.3 Å². The zero-order valence-corrected chi connectivity index (χ0v) is 14.0. The SMILES string of the molecule is COc1cc(C=C2Oc3c(ccc(O)c3C)C2=O)cc(Br)c1O. The Labute approximate surface area is 140 Å². The lowest BCUT2D eigenvalue weighted by Crippen LogP contribution is -1.98. The molecule has 2 N–H and O–H groups in total. The topological polar surface area (TPSA) is 76.0 Å². The monoisotopic (exact) mass is 376 g/mol. The van der Waals surface area contributed by atoms with Gasteiger partial charge in [-0.25, -0.2) is 0 Å². The summed E-state index contributed by atoms with van der Waals surface area (Å²) in [6.45, 7) is 1.69. The summed E-state index contributed by atoms with van der Waals surface area (Å²) in [5, 5.41) is 19.5. The van der Waals surface area contributed by atoms with E-state index in [0.717, 1.165) is 0 Å². The third-order valence-corrected chi connectivity index (χ3v) is 4.23. The number of phenols is 2. The number of hydrogen-bond donors (Lipinski definition) is 2.